The summed E-state index contributed by atoms with van der Waals surface area (Å²) in [5.74, 6) is 0.491. The van der Waals surface area contributed by atoms with E-state index < -0.39 is 28.5 Å². The van der Waals surface area contributed by atoms with E-state index >= 15 is 0 Å². The smallest absolute Gasteiger partial charge is 0.264 e. The molecule has 0 saturated heterocycles. The molecule has 0 aliphatic rings. The maximum atomic E-state index is 14.7. The van der Waals surface area contributed by atoms with E-state index in [9.17, 15) is 18.0 Å². The maximum absolute atomic E-state index is 14.7. The molecule has 0 heterocycles. The van der Waals surface area contributed by atoms with Crippen molar-refractivity contribution in [2.75, 3.05) is 37.4 Å². The third-order valence-corrected chi connectivity index (χ3v) is 10.3. The van der Waals surface area contributed by atoms with Gasteiger partial charge in [0.2, 0.25) is 11.8 Å². The van der Waals surface area contributed by atoms with Gasteiger partial charge in [-0.05, 0) is 90.9 Å². The Labute approximate surface area is 294 Å². The molecule has 1 atom stereocenters. The number of anilines is 1. The second kappa shape index (κ2) is 17.8. The standard InChI is InChI=1S/C38H45N3O6S2/c1-6-47-32-17-15-31(16-18-32)41(49(44,45)35-21-19-34(48-5)20-22-35)27-37(42)40(26-30-13-10-14-33(23-30)46-4)36(38(43)39-25-28(2)3)24-29-11-8-7-9-12-29/h7-23,28,36H,6,24-27H2,1-5H3,(H,39,43). The first-order valence-electron chi connectivity index (χ1n) is 16.2. The number of hydrogen-bond acceptors (Lipinski definition) is 7. The number of rotatable bonds is 17. The first-order valence-corrected chi connectivity index (χ1v) is 18.9. The summed E-state index contributed by atoms with van der Waals surface area (Å²) < 4.78 is 40.8. The van der Waals surface area contributed by atoms with E-state index in [0.717, 1.165) is 20.3 Å². The van der Waals surface area contributed by atoms with Gasteiger partial charge in [0.15, 0.2) is 0 Å². The van der Waals surface area contributed by atoms with Gasteiger partial charge in [0.1, 0.15) is 24.1 Å². The summed E-state index contributed by atoms with van der Waals surface area (Å²) in [6, 6.07) is 29.0. The summed E-state index contributed by atoms with van der Waals surface area (Å²) in [7, 11) is -2.67. The van der Waals surface area contributed by atoms with Gasteiger partial charge in [0, 0.05) is 24.4 Å². The van der Waals surface area contributed by atoms with Crippen molar-refractivity contribution in [3.63, 3.8) is 0 Å². The van der Waals surface area contributed by atoms with Gasteiger partial charge in [0.25, 0.3) is 10.0 Å². The molecular formula is C38H45N3O6S2. The number of ether oxygens (including phenoxy) is 2. The Balaban J connectivity index is 1.81. The zero-order valence-corrected chi connectivity index (χ0v) is 30.3. The molecule has 4 aromatic carbocycles. The maximum Gasteiger partial charge on any atom is 0.264 e. The van der Waals surface area contributed by atoms with Crippen LogP contribution < -0.4 is 19.1 Å². The van der Waals surface area contributed by atoms with Crippen molar-refractivity contribution in [1.29, 1.82) is 0 Å². The van der Waals surface area contributed by atoms with Crippen LogP contribution in [0.3, 0.4) is 0 Å². The molecule has 49 heavy (non-hydrogen) atoms. The van der Waals surface area contributed by atoms with E-state index in [1.807, 2.05) is 69.5 Å². The molecule has 1 unspecified atom stereocenters. The molecule has 2 amide bonds. The van der Waals surface area contributed by atoms with Crippen LogP contribution in [0.25, 0.3) is 0 Å². The summed E-state index contributed by atoms with van der Waals surface area (Å²) in [6.07, 6.45) is 2.14. The molecule has 0 radical (unpaired) electrons. The van der Waals surface area contributed by atoms with Gasteiger partial charge in [-0.15, -0.1) is 11.8 Å². The Kier molecular flexibility index (Phi) is 13.6. The Morgan fingerprint density at radius 3 is 2.14 bits per heavy atom. The van der Waals surface area contributed by atoms with Crippen LogP contribution in [0.4, 0.5) is 5.69 Å². The van der Waals surface area contributed by atoms with Gasteiger partial charge >= 0.3 is 0 Å². The first-order chi connectivity index (χ1) is 23.5. The van der Waals surface area contributed by atoms with Crippen LogP contribution in [-0.2, 0) is 32.6 Å². The van der Waals surface area contributed by atoms with Crippen LogP contribution in [0, 0.1) is 5.92 Å². The van der Waals surface area contributed by atoms with Crippen LogP contribution in [0.15, 0.2) is 113 Å². The zero-order valence-electron chi connectivity index (χ0n) is 28.7. The SMILES string of the molecule is CCOc1ccc(N(CC(=O)N(Cc2cccc(OC)c2)C(Cc2ccccc2)C(=O)NCC(C)C)S(=O)(=O)c2ccc(SC)cc2)cc1. The van der Waals surface area contributed by atoms with Crippen LogP contribution >= 0.6 is 11.8 Å². The Bertz CT molecular complexity index is 1770. The predicted molar refractivity (Wildman–Crippen MR) is 196 cm³/mol. The monoisotopic (exact) mass is 703 g/mol. The van der Waals surface area contributed by atoms with E-state index in [1.54, 1.807) is 67.8 Å². The number of nitrogens with one attached hydrogen (secondary N) is 1. The number of nitrogens with zero attached hydrogens (tertiary/aromatic N) is 2. The molecule has 1 N–H and O–H groups in total. The lowest BCUT2D eigenvalue weighted by molar-refractivity contribution is -0.140. The van der Waals surface area contributed by atoms with E-state index in [-0.39, 0.29) is 35.4 Å². The van der Waals surface area contributed by atoms with Gasteiger partial charge in [-0.1, -0.05) is 56.3 Å². The quantitative estimate of drug-likeness (QED) is 0.127. The molecule has 260 valence electrons. The van der Waals surface area contributed by atoms with Crippen molar-refractivity contribution in [2.45, 2.75) is 49.6 Å². The second-order valence-corrected chi connectivity index (χ2v) is 14.6. The van der Waals surface area contributed by atoms with Crippen molar-refractivity contribution >= 4 is 39.3 Å². The molecule has 4 aromatic rings. The van der Waals surface area contributed by atoms with Crippen LogP contribution in [0.1, 0.15) is 31.9 Å². The van der Waals surface area contributed by atoms with E-state index in [1.165, 1.54) is 16.7 Å². The summed E-state index contributed by atoms with van der Waals surface area (Å²) in [5, 5.41) is 3.01. The number of thioether (sulfide) groups is 1. The van der Waals surface area contributed by atoms with Crippen LogP contribution in [0.2, 0.25) is 0 Å². The van der Waals surface area contributed by atoms with Crippen LogP contribution in [-0.4, -0.2) is 64.2 Å². The Morgan fingerprint density at radius 1 is 0.857 bits per heavy atom. The molecule has 0 spiro atoms. The molecule has 0 aliphatic carbocycles. The van der Waals surface area contributed by atoms with Crippen LogP contribution in [0.5, 0.6) is 11.5 Å². The van der Waals surface area contributed by atoms with Gasteiger partial charge < -0.3 is 19.7 Å². The number of methoxy groups -OCH3 is 1. The molecular weight excluding hydrogens is 659 g/mol. The lowest BCUT2D eigenvalue weighted by Gasteiger charge is -2.34. The third-order valence-electron chi connectivity index (χ3n) is 7.80. The summed E-state index contributed by atoms with van der Waals surface area (Å²) in [6.45, 7) is 6.22. The van der Waals surface area contributed by atoms with E-state index in [4.69, 9.17) is 9.47 Å². The highest BCUT2D eigenvalue weighted by Crippen LogP contribution is 2.28. The van der Waals surface area contributed by atoms with Gasteiger partial charge in [-0.25, -0.2) is 8.42 Å². The molecule has 4 rings (SSSR count). The number of benzene rings is 4. The fraction of sp³-hybridized carbons (Fsp3) is 0.316. The number of carbonyl (C=O) groups is 2. The van der Waals surface area contributed by atoms with E-state index in [2.05, 4.69) is 5.32 Å². The fourth-order valence-corrected chi connectivity index (χ4v) is 7.05. The van der Waals surface area contributed by atoms with Crippen molar-refractivity contribution in [1.82, 2.24) is 10.2 Å². The van der Waals surface area contributed by atoms with Crippen molar-refractivity contribution in [3.05, 3.63) is 114 Å². The Hall–Kier alpha value is -4.48. The highest BCUT2D eigenvalue weighted by Gasteiger charge is 2.34. The molecule has 0 saturated carbocycles. The third kappa shape index (κ3) is 10.3. The predicted octanol–water partition coefficient (Wildman–Crippen LogP) is 6.42. The number of sulfonamides is 1. The summed E-state index contributed by atoms with van der Waals surface area (Å²) >= 11 is 1.50. The average Bonchev–Trinajstić information content (AvgIpc) is 3.12. The number of hydrogen-bond donors (Lipinski definition) is 1. The average molecular weight is 704 g/mol. The highest BCUT2D eigenvalue weighted by molar-refractivity contribution is 7.98. The topological polar surface area (TPSA) is 105 Å². The van der Waals surface area contributed by atoms with Crippen molar-refractivity contribution in [2.24, 2.45) is 5.92 Å². The largest absolute Gasteiger partial charge is 0.497 e. The minimum atomic E-state index is -4.23. The summed E-state index contributed by atoms with van der Waals surface area (Å²) in [5.41, 5.74) is 1.88. The normalized spacial score (nSPS) is 11.9. The molecule has 0 aromatic heterocycles. The molecule has 11 heteroatoms. The zero-order chi connectivity index (χ0) is 35.4. The fourth-order valence-electron chi connectivity index (χ4n) is 5.22. The molecule has 9 nitrogen and oxygen atoms in total. The second-order valence-electron chi connectivity index (χ2n) is 11.8. The van der Waals surface area contributed by atoms with Gasteiger partial charge in [0.05, 0.1) is 24.3 Å². The van der Waals surface area contributed by atoms with Gasteiger partial charge in [-0.2, -0.15) is 0 Å². The lowest BCUT2D eigenvalue weighted by Crippen LogP contribution is -2.53. The molecule has 0 fully saturated rings. The minimum absolute atomic E-state index is 0.0434. The first kappa shape index (κ1) is 37.3. The minimum Gasteiger partial charge on any atom is -0.497 e. The molecule has 0 aliphatic heterocycles. The number of carbonyl (C=O) groups excluding carboxylic acids is 2. The number of amides is 2. The molecule has 0 bridgehead atoms. The lowest BCUT2D eigenvalue weighted by atomic mass is 10.0. The van der Waals surface area contributed by atoms with Crippen molar-refractivity contribution < 1.29 is 27.5 Å². The van der Waals surface area contributed by atoms with Gasteiger partial charge in [-0.3, -0.25) is 13.9 Å². The van der Waals surface area contributed by atoms with Crippen molar-refractivity contribution in [3.8, 4) is 11.5 Å². The summed E-state index contributed by atoms with van der Waals surface area (Å²) in [4.78, 5) is 31.1. The van der Waals surface area contributed by atoms with E-state index in [0.29, 0.717) is 24.7 Å². The Morgan fingerprint density at radius 2 is 1.53 bits per heavy atom. The highest BCUT2D eigenvalue weighted by atomic mass is 32.2.